The Balaban J connectivity index is 2.49. The van der Waals surface area contributed by atoms with E-state index in [0.29, 0.717) is 5.41 Å². The molecule has 1 unspecified atom stereocenters. The van der Waals surface area contributed by atoms with Crippen LogP contribution in [-0.4, -0.2) is 42.8 Å². The molecule has 0 radical (unpaired) electrons. The maximum Gasteiger partial charge on any atom is 0.0594 e. The van der Waals surface area contributed by atoms with Crippen LogP contribution in [0.1, 0.15) is 47.5 Å². The molecule has 1 rings (SSSR count). The number of hydrogen-bond donors (Lipinski definition) is 1. The van der Waals surface area contributed by atoms with Crippen molar-refractivity contribution >= 4 is 0 Å². The lowest BCUT2D eigenvalue weighted by atomic mass is 9.83. The molecule has 17 heavy (non-hydrogen) atoms. The molecule has 1 fully saturated rings. The normalized spacial score (nSPS) is 21.5. The third-order valence-electron chi connectivity index (χ3n) is 3.94. The highest BCUT2D eigenvalue weighted by Gasteiger charge is 2.34. The van der Waals surface area contributed by atoms with Crippen molar-refractivity contribution in [2.45, 2.75) is 59.0 Å². The van der Waals surface area contributed by atoms with Crippen LogP contribution in [0.3, 0.4) is 0 Å². The molecule has 1 heterocycles. The lowest BCUT2D eigenvalue weighted by molar-refractivity contribution is -0.0205. The van der Waals surface area contributed by atoms with Gasteiger partial charge in [-0.1, -0.05) is 20.8 Å². The highest BCUT2D eigenvalue weighted by Crippen LogP contribution is 2.27. The van der Waals surface area contributed by atoms with Crippen molar-refractivity contribution in [3.05, 3.63) is 0 Å². The molecule has 0 spiro atoms. The van der Waals surface area contributed by atoms with Gasteiger partial charge in [-0.15, -0.1) is 0 Å². The van der Waals surface area contributed by atoms with E-state index in [2.05, 4.69) is 39.5 Å². The van der Waals surface area contributed by atoms with Crippen LogP contribution >= 0.6 is 0 Å². The van der Waals surface area contributed by atoms with Crippen LogP contribution in [0.25, 0.3) is 0 Å². The molecule has 3 nitrogen and oxygen atoms in total. The number of ether oxygens (including phenoxy) is 1. The summed E-state index contributed by atoms with van der Waals surface area (Å²) in [4.78, 5) is 2.48. The molecule has 102 valence electrons. The largest absolute Gasteiger partial charge is 0.379 e. The molecule has 0 saturated carbocycles. The number of nitrogens with two attached hydrogens (primary N) is 1. The Labute approximate surface area is 107 Å². The summed E-state index contributed by atoms with van der Waals surface area (Å²) in [6, 6.07) is 0.236. The van der Waals surface area contributed by atoms with E-state index in [1.807, 2.05) is 0 Å². The molecular formula is C14H30N2O. The molecule has 1 atom stereocenters. The Morgan fingerprint density at radius 1 is 1.12 bits per heavy atom. The van der Waals surface area contributed by atoms with Crippen LogP contribution in [0.15, 0.2) is 0 Å². The van der Waals surface area contributed by atoms with Crippen molar-refractivity contribution in [2.75, 3.05) is 26.3 Å². The smallest absolute Gasteiger partial charge is 0.0594 e. The van der Waals surface area contributed by atoms with Gasteiger partial charge in [-0.3, -0.25) is 4.90 Å². The first-order chi connectivity index (χ1) is 7.73. The lowest BCUT2D eigenvalue weighted by Crippen LogP contribution is -2.59. The molecule has 0 aliphatic carbocycles. The van der Waals surface area contributed by atoms with Crippen LogP contribution in [0.5, 0.6) is 0 Å². The van der Waals surface area contributed by atoms with Crippen molar-refractivity contribution < 1.29 is 4.74 Å². The van der Waals surface area contributed by atoms with Gasteiger partial charge in [-0.05, 0) is 32.1 Å². The van der Waals surface area contributed by atoms with Crippen molar-refractivity contribution in [3.63, 3.8) is 0 Å². The minimum atomic E-state index is 0.0784. The summed E-state index contributed by atoms with van der Waals surface area (Å²) in [5, 5.41) is 0. The number of nitrogens with zero attached hydrogens (tertiary/aromatic N) is 1. The predicted molar refractivity (Wildman–Crippen MR) is 73.1 cm³/mol. The van der Waals surface area contributed by atoms with E-state index in [-0.39, 0.29) is 11.6 Å². The van der Waals surface area contributed by atoms with Crippen LogP contribution in [0.2, 0.25) is 0 Å². The monoisotopic (exact) mass is 242 g/mol. The summed E-state index contributed by atoms with van der Waals surface area (Å²) in [5.41, 5.74) is 6.86. The van der Waals surface area contributed by atoms with Crippen molar-refractivity contribution in [1.82, 2.24) is 4.90 Å². The fourth-order valence-corrected chi connectivity index (χ4v) is 2.32. The number of hydrogen-bond acceptors (Lipinski definition) is 3. The maximum absolute atomic E-state index is 6.41. The van der Waals surface area contributed by atoms with Crippen LogP contribution in [0, 0.1) is 5.41 Å². The molecule has 1 aliphatic rings. The predicted octanol–water partition coefficient (Wildman–Crippen LogP) is 2.25. The molecule has 1 aliphatic heterocycles. The molecular weight excluding hydrogens is 212 g/mol. The zero-order valence-electron chi connectivity index (χ0n) is 12.3. The van der Waals surface area contributed by atoms with Gasteiger partial charge in [0.15, 0.2) is 0 Å². The van der Waals surface area contributed by atoms with Gasteiger partial charge >= 0.3 is 0 Å². The van der Waals surface area contributed by atoms with E-state index < -0.39 is 0 Å². The Morgan fingerprint density at radius 2 is 1.65 bits per heavy atom. The number of rotatable bonds is 4. The summed E-state index contributed by atoms with van der Waals surface area (Å²) in [7, 11) is 0. The van der Waals surface area contributed by atoms with Crippen molar-refractivity contribution in [2.24, 2.45) is 11.1 Å². The Kier molecular flexibility index (Phi) is 4.99. The molecule has 2 N–H and O–H groups in total. The van der Waals surface area contributed by atoms with E-state index >= 15 is 0 Å². The molecule has 0 bridgehead atoms. The highest BCUT2D eigenvalue weighted by molar-refractivity contribution is 4.93. The van der Waals surface area contributed by atoms with Gasteiger partial charge in [0.2, 0.25) is 0 Å². The second-order valence-electron chi connectivity index (χ2n) is 6.96. The Morgan fingerprint density at radius 3 is 2.12 bits per heavy atom. The first-order valence-corrected chi connectivity index (χ1v) is 6.82. The highest BCUT2D eigenvalue weighted by atomic mass is 16.5. The van der Waals surface area contributed by atoms with Gasteiger partial charge in [0.25, 0.3) is 0 Å². The SMILES string of the molecule is CC(C)(C)CCC(N)C(C)(C)N1CCOCC1. The van der Waals surface area contributed by atoms with Gasteiger partial charge in [-0.2, -0.15) is 0 Å². The molecule has 0 amide bonds. The van der Waals surface area contributed by atoms with Crippen LogP contribution in [0.4, 0.5) is 0 Å². The zero-order valence-corrected chi connectivity index (χ0v) is 12.3. The van der Waals surface area contributed by atoms with E-state index in [4.69, 9.17) is 10.5 Å². The lowest BCUT2D eigenvalue weighted by Gasteiger charge is -2.45. The van der Waals surface area contributed by atoms with Gasteiger partial charge < -0.3 is 10.5 Å². The summed E-state index contributed by atoms with van der Waals surface area (Å²) in [6.07, 6.45) is 2.27. The average Bonchev–Trinajstić information content (AvgIpc) is 2.26. The van der Waals surface area contributed by atoms with E-state index in [1.165, 1.54) is 6.42 Å². The minimum absolute atomic E-state index is 0.0784. The quantitative estimate of drug-likeness (QED) is 0.822. The molecule has 0 aromatic carbocycles. The molecule has 1 saturated heterocycles. The second kappa shape index (κ2) is 5.68. The maximum atomic E-state index is 6.41. The van der Waals surface area contributed by atoms with Crippen LogP contribution < -0.4 is 5.73 Å². The van der Waals surface area contributed by atoms with E-state index in [1.54, 1.807) is 0 Å². The summed E-state index contributed by atoms with van der Waals surface area (Å²) >= 11 is 0. The van der Waals surface area contributed by atoms with Gasteiger partial charge in [0.05, 0.1) is 13.2 Å². The zero-order chi connectivity index (χ0) is 13.1. The molecule has 0 aromatic rings. The first kappa shape index (κ1) is 14.9. The third kappa shape index (κ3) is 4.57. The van der Waals surface area contributed by atoms with Crippen molar-refractivity contribution in [1.29, 1.82) is 0 Å². The van der Waals surface area contributed by atoms with Gasteiger partial charge in [0.1, 0.15) is 0 Å². The fraction of sp³-hybridized carbons (Fsp3) is 1.00. The standard InChI is InChI=1S/C14H30N2O/c1-13(2,3)7-6-12(15)14(4,5)16-8-10-17-11-9-16/h12H,6-11,15H2,1-5H3. The van der Waals surface area contributed by atoms with E-state index in [9.17, 15) is 0 Å². The minimum Gasteiger partial charge on any atom is -0.379 e. The topological polar surface area (TPSA) is 38.5 Å². The van der Waals surface area contributed by atoms with Crippen LogP contribution in [-0.2, 0) is 4.74 Å². The van der Waals surface area contributed by atoms with Gasteiger partial charge in [0, 0.05) is 24.7 Å². The second-order valence-corrected chi connectivity index (χ2v) is 6.96. The van der Waals surface area contributed by atoms with Gasteiger partial charge in [-0.25, -0.2) is 0 Å². The molecule has 3 heteroatoms. The average molecular weight is 242 g/mol. The van der Waals surface area contributed by atoms with E-state index in [0.717, 1.165) is 32.7 Å². The summed E-state index contributed by atoms with van der Waals surface area (Å²) < 4.78 is 5.41. The summed E-state index contributed by atoms with van der Waals surface area (Å²) in [5.74, 6) is 0. The fourth-order valence-electron chi connectivity index (χ4n) is 2.32. The summed E-state index contributed by atoms with van der Waals surface area (Å²) in [6.45, 7) is 15.1. The molecule has 0 aromatic heterocycles. The Bertz CT molecular complexity index is 227. The van der Waals surface area contributed by atoms with Crippen molar-refractivity contribution in [3.8, 4) is 0 Å². The first-order valence-electron chi connectivity index (χ1n) is 6.82. The number of morpholine rings is 1. The Hall–Kier alpha value is -0.120. The third-order valence-corrected chi connectivity index (χ3v) is 3.94.